The molecule has 98 valence electrons. The average molecular weight is 263 g/mol. The number of hydrogen-bond acceptors (Lipinski definition) is 2. The van der Waals surface area contributed by atoms with Crippen molar-refractivity contribution < 1.29 is 4.79 Å². The SMILES string of the molecule is CC1CCCC(NC(=O)/C=C/c2cccs2)C1C. The topological polar surface area (TPSA) is 29.1 Å². The van der Waals surface area contributed by atoms with E-state index >= 15 is 0 Å². The van der Waals surface area contributed by atoms with E-state index in [1.165, 1.54) is 12.8 Å². The van der Waals surface area contributed by atoms with Crippen LogP contribution in [0.1, 0.15) is 38.0 Å². The fraction of sp³-hybridized carbons (Fsp3) is 0.533. The standard InChI is InChI=1S/C15H21NOS/c1-11-5-3-7-14(12(11)2)16-15(17)9-8-13-6-4-10-18-13/h4,6,8-12,14H,3,5,7H2,1-2H3,(H,16,17)/b9-8+. The molecule has 1 aromatic heterocycles. The van der Waals surface area contributed by atoms with E-state index in [0.717, 1.165) is 11.3 Å². The Morgan fingerprint density at radius 1 is 1.44 bits per heavy atom. The second-order valence-corrected chi connectivity index (χ2v) is 6.21. The van der Waals surface area contributed by atoms with Crippen LogP contribution < -0.4 is 5.32 Å². The summed E-state index contributed by atoms with van der Waals surface area (Å²) in [5, 5.41) is 5.16. The van der Waals surface area contributed by atoms with E-state index in [1.54, 1.807) is 17.4 Å². The van der Waals surface area contributed by atoms with Crippen LogP contribution in [0.4, 0.5) is 0 Å². The van der Waals surface area contributed by atoms with Crippen LogP contribution in [0.3, 0.4) is 0 Å². The molecule has 0 bridgehead atoms. The molecule has 3 atom stereocenters. The van der Waals surface area contributed by atoms with Crippen molar-refractivity contribution in [2.75, 3.05) is 0 Å². The first-order chi connectivity index (χ1) is 8.66. The van der Waals surface area contributed by atoms with E-state index in [-0.39, 0.29) is 5.91 Å². The molecule has 1 amide bonds. The number of rotatable bonds is 3. The minimum Gasteiger partial charge on any atom is -0.350 e. The number of hydrogen-bond donors (Lipinski definition) is 1. The van der Waals surface area contributed by atoms with Crippen LogP contribution in [0.25, 0.3) is 6.08 Å². The molecule has 3 heteroatoms. The zero-order chi connectivity index (χ0) is 13.0. The summed E-state index contributed by atoms with van der Waals surface area (Å²) in [6.45, 7) is 4.53. The Kier molecular flexibility index (Phi) is 4.59. The van der Waals surface area contributed by atoms with Crippen LogP contribution in [0, 0.1) is 11.8 Å². The number of thiophene rings is 1. The Morgan fingerprint density at radius 3 is 3.00 bits per heavy atom. The zero-order valence-corrected chi connectivity index (χ0v) is 11.9. The van der Waals surface area contributed by atoms with E-state index < -0.39 is 0 Å². The van der Waals surface area contributed by atoms with Gasteiger partial charge in [0.05, 0.1) is 0 Å². The second-order valence-electron chi connectivity index (χ2n) is 5.23. The van der Waals surface area contributed by atoms with Crippen molar-refractivity contribution in [1.82, 2.24) is 5.32 Å². The summed E-state index contributed by atoms with van der Waals surface area (Å²) in [5.41, 5.74) is 0. The van der Waals surface area contributed by atoms with Gasteiger partial charge in [-0.3, -0.25) is 4.79 Å². The molecule has 1 heterocycles. The Labute approximate surface area is 113 Å². The Hall–Kier alpha value is -1.09. The quantitative estimate of drug-likeness (QED) is 0.828. The first kappa shape index (κ1) is 13.3. The first-order valence-corrected chi connectivity index (χ1v) is 7.57. The van der Waals surface area contributed by atoms with Crippen molar-refractivity contribution in [2.24, 2.45) is 11.8 Å². The molecule has 0 spiro atoms. The van der Waals surface area contributed by atoms with Gasteiger partial charge in [0.25, 0.3) is 0 Å². The van der Waals surface area contributed by atoms with Crippen molar-refractivity contribution in [1.29, 1.82) is 0 Å². The van der Waals surface area contributed by atoms with Gasteiger partial charge >= 0.3 is 0 Å². The van der Waals surface area contributed by atoms with Gasteiger partial charge in [0.1, 0.15) is 0 Å². The van der Waals surface area contributed by atoms with Crippen LogP contribution >= 0.6 is 11.3 Å². The smallest absolute Gasteiger partial charge is 0.244 e. The van der Waals surface area contributed by atoms with Gasteiger partial charge in [-0.05, 0) is 35.8 Å². The van der Waals surface area contributed by atoms with E-state index in [0.29, 0.717) is 17.9 Å². The molecule has 0 aromatic carbocycles. The molecule has 3 unspecified atom stereocenters. The normalized spacial score (nSPS) is 28.4. The Bertz CT molecular complexity index is 410. The predicted molar refractivity (Wildman–Crippen MR) is 77.5 cm³/mol. The molecule has 2 rings (SSSR count). The van der Waals surface area contributed by atoms with Crippen LogP contribution in [-0.4, -0.2) is 11.9 Å². The Morgan fingerprint density at radius 2 is 2.28 bits per heavy atom. The fourth-order valence-corrected chi connectivity index (χ4v) is 3.18. The lowest BCUT2D eigenvalue weighted by molar-refractivity contribution is -0.117. The average Bonchev–Trinajstić information content (AvgIpc) is 2.86. The monoisotopic (exact) mass is 263 g/mol. The lowest BCUT2D eigenvalue weighted by Crippen LogP contribution is -2.43. The van der Waals surface area contributed by atoms with Crippen molar-refractivity contribution in [3.8, 4) is 0 Å². The lowest BCUT2D eigenvalue weighted by atomic mass is 9.78. The fourth-order valence-electron chi connectivity index (χ4n) is 2.56. The molecular weight excluding hydrogens is 242 g/mol. The molecule has 0 saturated heterocycles. The van der Waals surface area contributed by atoms with Crippen molar-refractivity contribution >= 4 is 23.3 Å². The highest BCUT2D eigenvalue weighted by Gasteiger charge is 2.27. The molecule has 1 aliphatic carbocycles. The van der Waals surface area contributed by atoms with E-state index in [2.05, 4.69) is 19.2 Å². The van der Waals surface area contributed by atoms with Gasteiger partial charge in [-0.15, -0.1) is 11.3 Å². The van der Waals surface area contributed by atoms with Crippen molar-refractivity contribution in [3.05, 3.63) is 28.5 Å². The third-order valence-corrected chi connectivity index (χ3v) is 4.81. The summed E-state index contributed by atoms with van der Waals surface area (Å²) in [6, 6.07) is 4.35. The third-order valence-electron chi connectivity index (χ3n) is 3.98. The summed E-state index contributed by atoms with van der Waals surface area (Å²) in [7, 11) is 0. The van der Waals surface area contributed by atoms with Crippen molar-refractivity contribution in [2.45, 2.75) is 39.2 Å². The zero-order valence-electron chi connectivity index (χ0n) is 11.1. The number of carbonyl (C=O) groups excluding carboxylic acids is 1. The molecular formula is C15H21NOS. The van der Waals surface area contributed by atoms with Gasteiger partial charge in [0.2, 0.25) is 5.91 Å². The molecule has 2 nitrogen and oxygen atoms in total. The molecule has 0 aliphatic heterocycles. The van der Waals surface area contributed by atoms with Gasteiger partial charge in [0.15, 0.2) is 0 Å². The number of carbonyl (C=O) groups is 1. The first-order valence-electron chi connectivity index (χ1n) is 6.69. The maximum atomic E-state index is 11.9. The number of nitrogens with one attached hydrogen (secondary N) is 1. The van der Waals surface area contributed by atoms with Gasteiger partial charge in [-0.1, -0.05) is 32.8 Å². The van der Waals surface area contributed by atoms with Crippen LogP contribution in [0.15, 0.2) is 23.6 Å². The highest BCUT2D eigenvalue weighted by molar-refractivity contribution is 7.10. The molecule has 18 heavy (non-hydrogen) atoms. The highest BCUT2D eigenvalue weighted by Crippen LogP contribution is 2.29. The summed E-state index contributed by atoms with van der Waals surface area (Å²) in [6.07, 6.45) is 7.17. The summed E-state index contributed by atoms with van der Waals surface area (Å²) in [4.78, 5) is 13.0. The summed E-state index contributed by atoms with van der Waals surface area (Å²) >= 11 is 1.65. The maximum Gasteiger partial charge on any atom is 0.244 e. The van der Waals surface area contributed by atoms with Crippen molar-refractivity contribution in [3.63, 3.8) is 0 Å². The summed E-state index contributed by atoms with van der Waals surface area (Å²) < 4.78 is 0. The van der Waals surface area contributed by atoms with Crippen LogP contribution in [-0.2, 0) is 4.79 Å². The van der Waals surface area contributed by atoms with Gasteiger partial charge < -0.3 is 5.32 Å². The van der Waals surface area contributed by atoms with Gasteiger partial charge in [-0.2, -0.15) is 0 Å². The molecule has 1 aromatic rings. The second kappa shape index (κ2) is 6.19. The minimum atomic E-state index is 0.0364. The van der Waals surface area contributed by atoms with Crippen LogP contribution in [0.5, 0.6) is 0 Å². The molecule has 1 aliphatic rings. The molecule has 1 saturated carbocycles. The summed E-state index contributed by atoms with van der Waals surface area (Å²) in [5.74, 6) is 1.33. The van der Waals surface area contributed by atoms with E-state index in [4.69, 9.17) is 0 Å². The lowest BCUT2D eigenvalue weighted by Gasteiger charge is -2.34. The van der Waals surface area contributed by atoms with E-state index in [9.17, 15) is 4.79 Å². The molecule has 1 N–H and O–H groups in total. The number of amides is 1. The molecule has 1 fully saturated rings. The largest absolute Gasteiger partial charge is 0.350 e. The minimum absolute atomic E-state index is 0.0364. The molecule has 0 radical (unpaired) electrons. The maximum absolute atomic E-state index is 11.9. The third kappa shape index (κ3) is 3.45. The van der Waals surface area contributed by atoms with Gasteiger partial charge in [0, 0.05) is 17.0 Å². The predicted octanol–water partition coefficient (Wildman–Crippen LogP) is 3.70. The van der Waals surface area contributed by atoms with E-state index in [1.807, 2.05) is 23.6 Å². The highest BCUT2D eigenvalue weighted by atomic mass is 32.1. The van der Waals surface area contributed by atoms with Crippen LogP contribution in [0.2, 0.25) is 0 Å². The van der Waals surface area contributed by atoms with Gasteiger partial charge in [-0.25, -0.2) is 0 Å². The Balaban J connectivity index is 1.87.